The van der Waals surface area contributed by atoms with Gasteiger partial charge in [-0.2, -0.15) is 0 Å². The minimum Gasteiger partial charge on any atom is -0.369 e. The molecule has 19 heavy (non-hydrogen) atoms. The lowest BCUT2D eigenvalue weighted by molar-refractivity contribution is 0.521. The van der Waals surface area contributed by atoms with E-state index in [1.807, 2.05) is 16.9 Å². The highest BCUT2D eigenvalue weighted by molar-refractivity contribution is 5.79. The summed E-state index contributed by atoms with van der Waals surface area (Å²) in [4.78, 5) is 4.38. The van der Waals surface area contributed by atoms with E-state index < -0.39 is 0 Å². The first-order valence-electron chi connectivity index (χ1n) is 6.30. The Morgan fingerprint density at radius 2 is 2.16 bits per heavy atom. The molecule has 0 aliphatic carbocycles. The van der Waals surface area contributed by atoms with Crippen molar-refractivity contribution in [3.05, 3.63) is 36.2 Å². The monoisotopic (exact) mass is 256 g/mol. The van der Waals surface area contributed by atoms with Crippen molar-refractivity contribution in [1.29, 1.82) is 0 Å². The van der Waals surface area contributed by atoms with Crippen LogP contribution in [0.25, 0.3) is 11.0 Å². The van der Waals surface area contributed by atoms with Crippen molar-refractivity contribution < 1.29 is 0 Å². The minimum absolute atomic E-state index is 0.569. The molecule has 3 rings (SSSR count). The van der Waals surface area contributed by atoms with Crippen LogP contribution >= 0.6 is 0 Å². The molecule has 2 heterocycles. The number of rotatable bonds is 4. The van der Waals surface area contributed by atoms with Crippen molar-refractivity contribution in [3.8, 4) is 0 Å². The van der Waals surface area contributed by atoms with Crippen molar-refractivity contribution in [2.75, 3.05) is 5.73 Å². The number of hydrogen-bond acceptors (Lipinski definition) is 4. The van der Waals surface area contributed by atoms with Gasteiger partial charge in [0.2, 0.25) is 5.95 Å². The van der Waals surface area contributed by atoms with Crippen LogP contribution < -0.4 is 5.73 Å². The molecule has 0 atom stereocenters. The average molecular weight is 256 g/mol. The van der Waals surface area contributed by atoms with E-state index in [-0.39, 0.29) is 0 Å². The molecule has 0 fully saturated rings. The molecular weight excluding hydrogens is 240 g/mol. The van der Waals surface area contributed by atoms with Gasteiger partial charge in [0, 0.05) is 19.3 Å². The predicted octanol–water partition coefficient (Wildman–Crippen LogP) is 1.61. The number of imidazole rings is 1. The van der Waals surface area contributed by atoms with E-state index in [0.717, 1.165) is 30.5 Å². The first-order valence-corrected chi connectivity index (χ1v) is 6.30. The molecule has 0 aliphatic rings. The van der Waals surface area contributed by atoms with E-state index in [1.165, 1.54) is 5.56 Å². The first kappa shape index (κ1) is 11.7. The SMILES string of the molecule is Cc1ccc2nc(N)n(CCCn3ccnn3)c2c1. The molecular formula is C13H16N6. The van der Waals surface area contributed by atoms with Gasteiger partial charge >= 0.3 is 0 Å². The summed E-state index contributed by atoms with van der Waals surface area (Å²) in [5, 5.41) is 7.73. The Morgan fingerprint density at radius 1 is 1.26 bits per heavy atom. The summed E-state index contributed by atoms with van der Waals surface area (Å²) in [5.41, 5.74) is 9.23. The molecule has 0 spiro atoms. The number of fused-ring (bicyclic) bond motifs is 1. The van der Waals surface area contributed by atoms with E-state index in [0.29, 0.717) is 5.95 Å². The Labute approximate surface area is 110 Å². The van der Waals surface area contributed by atoms with Crippen LogP contribution in [0.5, 0.6) is 0 Å². The zero-order valence-corrected chi connectivity index (χ0v) is 10.8. The third kappa shape index (κ3) is 2.29. The third-order valence-electron chi connectivity index (χ3n) is 3.17. The molecule has 0 saturated heterocycles. The second kappa shape index (κ2) is 4.72. The summed E-state index contributed by atoms with van der Waals surface area (Å²) in [6.45, 7) is 3.72. The van der Waals surface area contributed by atoms with E-state index in [1.54, 1.807) is 6.20 Å². The Bertz CT molecular complexity index is 683. The van der Waals surface area contributed by atoms with E-state index in [2.05, 4.69) is 38.9 Å². The van der Waals surface area contributed by atoms with Crippen molar-refractivity contribution in [2.24, 2.45) is 0 Å². The second-order valence-electron chi connectivity index (χ2n) is 4.63. The van der Waals surface area contributed by atoms with Gasteiger partial charge in [-0.1, -0.05) is 11.3 Å². The predicted molar refractivity (Wildman–Crippen MR) is 73.5 cm³/mol. The van der Waals surface area contributed by atoms with Gasteiger partial charge < -0.3 is 10.3 Å². The number of aromatic nitrogens is 5. The molecule has 0 bridgehead atoms. The van der Waals surface area contributed by atoms with Gasteiger partial charge in [-0.3, -0.25) is 4.68 Å². The van der Waals surface area contributed by atoms with E-state index >= 15 is 0 Å². The zero-order chi connectivity index (χ0) is 13.2. The summed E-state index contributed by atoms with van der Waals surface area (Å²) in [7, 11) is 0. The number of nitrogens with zero attached hydrogens (tertiary/aromatic N) is 5. The Balaban J connectivity index is 1.80. The standard InChI is InChI=1S/C13H16N6/c1-10-3-4-11-12(9-10)19(13(14)16-11)7-2-6-18-8-5-15-17-18/h3-5,8-9H,2,6-7H2,1H3,(H2,14,16). The van der Waals surface area contributed by atoms with E-state index in [4.69, 9.17) is 5.73 Å². The highest BCUT2D eigenvalue weighted by atomic mass is 15.4. The van der Waals surface area contributed by atoms with Crippen LogP contribution in [0.4, 0.5) is 5.95 Å². The molecule has 2 aromatic heterocycles. The van der Waals surface area contributed by atoms with Gasteiger partial charge in [-0.15, -0.1) is 5.10 Å². The molecule has 2 N–H and O–H groups in total. The van der Waals surface area contributed by atoms with Crippen LogP contribution in [0, 0.1) is 6.92 Å². The van der Waals surface area contributed by atoms with Crippen LogP contribution in [0.2, 0.25) is 0 Å². The zero-order valence-electron chi connectivity index (χ0n) is 10.8. The van der Waals surface area contributed by atoms with Gasteiger partial charge in [0.05, 0.1) is 17.2 Å². The lowest BCUT2D eigenvalue weighted by Crippen LogP contribution is -2.07. The highest BCUT2D eigenvalue weighted by Gasteiger charge is 2.07. The quantitative estimate of drug-likeness (QED) is 0.769. The molecule has 0 saturated carbocycles. The number of benzene rings is 1. The fourth-order valence-corrected chi connectivity index (χ4v) is 2.23. The fourth-order valence-electron chi connectivity index (χ4n) is 2.23. The minimum atomic E-state index is 0.569. The van der Waals surface area contributed by atoms with Crippen LogP contribution in [0.3, 0.4) is 0 Å². The number of nitrogens with two attached hydrogens (primary N) is 1. The second-order valence-corrected chi connectivity index (χ2v) is 4.63. The number of anilines is 1. The highest BCUT2D eigenvalue weighted by Crippen LogP contribution is 2.19. The molecule has 0 aliphatic heterocycles. The van der Waals surface area contributed by atoms with Crippen LogP contribution in [0.1, 0.15) is 12.0 Å². The Hall–Kier alpha value is -2.37. The average Bonchev–Trinajstić information content (AvgIpc) is 2.99. The summed E-state index contributed by atoms with van der Waals surface area (Å²) in [5.74, 6) is 0.569. The van der Waals surface area contributed by atoms with Crippen LogP contribution in [-0.4, -0.2) is 24.5 Å². The van der Waals surface area contributed by atoms with Gasteiger partial charge in [0.25, 0.3) is 0 Å². The summed E-state index contributed by atoms with van der Waals surface area (Å²) in [6.07, 6.45) is 4.48. The van der Waals surface area contributed by atoms with Gasteiger partial charge in [-0.05, 0) is 31.0 Å². The Morgan fingerprint density at radius 3 is 2.95 bits per heavy atom. The van der Waals surface area contributed by atoms with Crippen molar-refractivity contribution >= 4 is 17.0 Å². The summed E-state index contributed by atoms with van der Waals surface area (Å²) in [6, 6.07) is 6.18. The first-order chi connectivity index (χ1) is 9.24. The third-order valence-corrected chi connectivity index (χ3v) is 3.17. The maximum atomic E-state index is 5.98. The molecule has 1 aromatic carbocycles. The van der Waals surface area contributed by atoms with Gasteiger partial charge in [0.1, 0.15) is 0 Å². The van der Waals surface area contributed by atoms with Crippen LogP contribution in [-0.2, 0) is 13.1 Å². The van der Waals surface area contributed by atoms with Crippen molar-refractivity contribution in [3.63, 3.8) is 0 Å². The molecule has 0 unspecified atom stereocenters. The lowest BCUT2D eigenvalue weighted by Gasteiger charge is -2.06. The van der Waals surface area contributed by atoms with Crippen LogP contribution in [0.15, 0.2) is 30.6 Å². The number of nitrogen functional groups attached to an aromatic ring is 1. The largest absolute Gasteiger partial charge is 0.369 e. The van der Waals surface area contributed by atoms with Crippen molar-refractivity contribution in [1.82, 2.24) is 24.5 Å². The normalized spacial score (nSPS) is 11.2. The molecule has 0 radical (unpaired) electrons. The van der Waals surface area contributed by atoms with Gasteiger partial charge in [-0.25, -0.2) is 4.98 Å². The Kier molecular flexibility index (Phi) is 2.91. The fraction of sp³-hybridized carbons (Fsp3) is 0.308. The maximum absolute atomic E-state index is 5.98. The summed E-state index contributed by atoms with van der Waals surface area (Å²) >= 11 is 0. The van der Waals surface area contributed by atoms with E-state index in [9.17, 15) is 0 Å². The van der Waals surface area contributed by atoms with Crippen molar-refractivity contribution in [2.45, 2.75) is 26.4 Å². The summed E-state index contributed by atoms with van der Waals surface area (Å²) < 4.78 is 3.87. The number of hydrogen-bond donors (Lipinski definition) is 1. The molecule has 3 aromatic rings. The smallest absolute Gasteiger partial charge is 0.201 e. The van der Waals surface area contributed by atoms with Gasteiger partial charge in [0.15, 0.2) is 0 Å². The number of aryl methyl sites for hydroxylation is 3. The molecule has 6 nitrogen and oxygen atoms in total. The molecule has 0 amide bonds. The molecule has 98 valence electrons. The maximum Gasteiger partial charge on any atom is 0.201 e. The topological polar surface area (TPSA) is 74.5 Å². The lowest BCUT2D eigenvalue weighted by atomic mass is 10.2. The molecule has 6 heteroatoms.